The Balaban J connectivity index is 1.91. The van der Waals surface area contributed by atoms with E-state index in [1.807, 2.05) is 30.3 Å². The molecule has 1 heterocycles. The molecule has 2 N–H and O–H groups in total. The zero-order valence-corrected chi connectivity index (χ0v) is 15.6. The maximum atomic E-state index is 12.8. The number of esters is 1. The number of ether oxygens (including phenoxy) is 1. The van der Waals surface area contributed by atoms with Crippen LogP contribution in [0.2, 0.25) is 0 Å². The SMILES string of the molecule is CC1=C(C(=O)OCc2ccccc2)[C@H](c2ccc([O-])c([N+](=O)[O-])c2)NC(=S)N1. The number of carbonyl (C=O) groups excluding carboxylic acids is 1. The maximum Gasteiger partial charge on any atom is 0.338 e. The second-order valence-electron chi connectivity index (χ2n) is 6.12. The van der Waals surface area contributed by atoms with E-state index in [1.54, 1.807) is 6.92 Å². The smallest absolute Gasteiger partial charge is 0.338 e. The highest BCUT2D eigenvalue weighted by Crippen LogP contribution is 2.32. The van der Waals surface area contributed by atoms with Crippen LogP contribution in [0.25, 0.3) is 0 Å². The molecule has 28 heavy (non-hydrogen) atoms. The Kier molecular flexibility index (Phi) is 5.55. The second-order valence-corrected chi connectivity index (χ2v) is 6.52. The van der Waals surface area contributed by atoms with Gasteiger partial charge in [-0.25, -0.2) is 4.79 Å². The minimum absolute atomic E-state index is 0.0767. The van der Waals surface area contributed by atoms with Crippen molar-refractivity contribution in [3.8, 4) is 5.75 Å². The van der Waals surface area contributed by atoms with E-state index < -0.39 is 28.4 Å². The minimum Gasteiger partial charge on any atom is -0.868 e. The Morgan fingerprint density at radius 2 is 1.96 bits per heavy atom. The molecule has 1 atom stereocenters. The Labute approximate surface area is 166 Å². The average molecular weight is 398 g/mol. The Bertz CT molecular complexity index is 975. The van der Waals surface area contributed by atoms with Crippen molar-refractivity contribution < 1.29 is 19.6 Å². The molecule has 0 saturated carbocycles. The van der Waals surface area contributed by atoms with Gasteiger partial charge in [-0.1, -0.05) is 42.5 Å². The summed E-state index contributed by atoms with van der Waals surface area (Å²) in [6.45, 7) is 1.74. The van der Waals surface area contributed by atoms with Crippen LogP contribution in [0.3, 0.4) is 0 Å². The van der Waals surface area contributed by atoms with Gasteiger partial charge in [-0.15, -0.1) is 0 Å². The van der Waals surface area contributed by atoms with Gasteiger partial charge in [-0.05, 0) is 36.0 Å². The Hall–Kier alpha value is -3.46. The van der Waals surface area contributed by atoms with Crippen LogP contribution in [0.5, 0.6) is 5.75 Å². The highest BCUT2D eigenvalue weighted by Gasteiger charge is 2.31. The van der Waals surface area contributed by atoms with Crippen LogP contribution >= 0.6 is 12.2 Å². The lowest BCUT2D eigenvalue weighted by atomic mass is 9.95. The molecule has 1 aliphatic rings. The molecule has 0 aromatic heterocycles. The van der Waals surface area contributed by atoms with Gasteiger partial charge >= 0.3 is 5.97 Å². The molecule has 0 radical (unpaired) electrons. The van der Waals surface area contributed by atoms with E-state index in [0.29, 0.717) is 11.3 Å². The molecule has 2 aromatic carbocycles. The molecule has 0 fully saturated rings. The number of hydrogen-bond acceptors (Lipinski definition) is 6. The molecule has 0 saturated heterocycles. The molecule has 3 rings (SSSR count). The van der Waals surface area contributed by atoms with E-state index in [2.05, 4.69) is 10.6 Å². The number of nitrogens with one attached hydrogen (secondary N) is 2. The molecule has 1 aliphatic heterocycles. The summed E-state index contributed by atoms with van der Waals surface area (Å²) in [4.78, 5) is 23.1. The molecule has 0 spiro atoms. The van der Waals surface area contributed by atoms with Crippen molar-refractivity contribution in [2.24, 2.45) is 0 Å². The number of nitro groups is 1. The second kappa shape index (κ2) is 8.05. The third kappa shape index (κ3) is 4.09. The van der Waals surface area contributed by atoms with E-state index in [-0.39, 0.29) is 17.3 Å². The van der Waals surface area contributed by atoms with E-state index in [0.717, 1.165) is 17.7 Å². The van der Waals surface area contributed by atoms with Gasteiger partial charge in [0.15, 0.2) is 5.11 Å². The first kappa shape index (κ1) is 19.3. The number of nitro benzene ring substituents is 1. The highest BCUT2D eigenvalue weighted by atomic mass is 32.1. The number of rotatable bonds is 5. The predicted octanol–water partition coefficient (Wildman–Crippen LogP) is 2.20. The van der Waals surface area contributed by atoms with Crippen LogP contribution in [-0.2, 0) is 16.1 Å². The Morgan fingerprint density at radius 1 is 1.25 bits per heavy atom. The van der Waals surface area contributed by atoms with Crippen molar-refractivity contribution in [3.05, 3.63) is 81.0 Å². The quantitative estimate of drug-likeness (QED) is 0.341. The normalized spacial score (nSPS) is 16.2. The van der Waals surface area contributed by atoms with Crippen molar-refractivity contribution >= 4 is 29.0 Å². The number of nitrogens with zero attached hydrogens (tertiary/aromatic N) is 1. The van der Waals surface area contributed by atoms with Gasteiger partial charge in [0.05, 0.1) is 16.5 Å². The van der Waals surface area contributed by atoms with Crippen LogP contribution in [0.1, 0.15) is 24.1 Å². The standard InChI is InChI=1S/C19H17N3O5S/c1-11-16(18(24)27-10-12-5-3-2-4-6-12)17(21-19(28)20-11)13-7-8-15(23)14(9-13)22(25)26/h2-9,17,23H,10H2,1H3,(H2,20,21,28)/p-1/t17-/m0/s1. The zero-order chi connectivity index (χ0) is 20.3. The molecule has 2 aromatic rings. The molecule has 144 valence electrons. The third-order valence-corrected chi connectivity index (χ3v) is 4.43. The summed E-state index contributed by atoms with van der Waals surface area (Å²) in [6.07, 6.45) is 0. The van der Waals surface area contributed by atoms with Crippen molar-refractivity contribution in [1.29, 1.82) is 0 Å². The van der Waals surface area contributed by atoms with Crippen molar-refractivity contribution in [2.75, 3.05) is 0 Å². The fourth-order valence-electron chi connectivity index (χ4n) is 2.87. The predicted molar refractivity (Wildman–Crippen MR) is 103 cm³/mol. The van der Waals surface area contributed by atoms with E-state index in [4.69, 9.17) is 17.0 Å². The summed E-state index contributed by atoms with van der Waals surface area (Å²) in [5, 5.41) is 28.8. The lowest BCUT2D eigenvalue weighted by Crippen LogP contribution is -2.45. The van der Waals surface area contributed by atoms with E-state index in [1.165, 1.54) is 6.07 Å². The zero-order valence-electron chi connectivity index (χ0n) is 14.8. The van der Waals surface area contributed by atoms with Crippen molar-refractivity contribution in [3.63, 3.8) is 0 Å². The highest BCUT2D eigenvalue weighted by molar-refractivity contribution is 7.80. The van der Waals surface area contributed by atoms with Crippen LogP contribution in [0.15, 0.2) is 59.8 Å². The number of carbonyl (C=O) groups is 1. The van der Waals surface area contributed by atoms with Gasteiger partial charge in [0.1, 0.15) is 6.61 Å². The van der Waals surface area contributed by atoms with Crippen LogP contribution in [0, 0.1) is 10.1 Å². The van der Waals surface area contributed by atoms with Crippen molar-refractivity contribution in [2.45, 2.75) is 19.6 Å². The number of benzene rings is 2. The van der Waals surface area contributed by atoms with Gasteiger partial charge in [0, 0.05) is 11.8 Å². The molecule has 9 heteroatoms. The van der Waals surface area contributed by atoms with Crippen molar-refractivity contribution in [1.82, 2.24) is 10.6 Å². The first-order valence-corrected chi connectivity index (χ1v) is 8.72. The van der Waals surface area contributed by atoms with Crippen LogP contribution in [0.4, 0.5) is 5.69 Å². The summed E-state index contributed by atoms with van der Waals surface area (Å²) >= 11 is 5.15. The fraction of sp³-hybridized carbons (Fsp3) is 0.158. The number of thiocarbonyl (C=S) groups is 1. The third-order valence-electron chi connectivity index (χ3n) is 4.21. The van der Waals surface area contributed by atoms with E-state index >= 15 is 0 Å². The summed E-state index contributed by atoms with van der Waals surface area (Å²) in [7, 11) is 0. The number of allylic oxidation sites excluding steroid dienone is 1. The summed E-state index contributed by atoms with van der Waals surface area (Å²) in [5.74, 6) is -1.30. The average Bonchev–Trinajstić information content (AvgIpc) is 2.66. The van der Waals surface area contributed by atoms with Gasteiger partial charge in [0.2, 0.25) is 0 Å². The molecular formula is C19H16N3O5S-. The largest absolute Gasteiger partial charge is 0.868 e. The Morgan fingerprint density at radius 3 is 2.64 bits per heavy atom. The minimum atomic E-state index is -0.781. The molecular weight excluding hydrogens is 382 g/mol. The topological polar surface area (TPSA) is 117 Å². The summed E-state index contributed by atoms with van der Waals surface area (Å²) < 4.78 is 5.41. The maximum absolute atomic E-state index is 12.8. The summed E-state index contributed by atoms with van der Waals surface area (Å²) in [6, 6.07) is 12.1. The number of hydrogen-bond donors (Lipinski definition) is 2. The van der Waals surface area contributed by atoms with Crippen LogP contribution < -0.4 is 15.7 Å². The van der Waals surface area contributed by atoms with Gasteiger partial charge in [0.25, 0.3) is 5.69 Å². The van der Waals surface area contributed by atoms with Gasteiger partial charge < -0.3 is 20.5 Å². The van der Waals surface area contributed by atoms with E-state index in [9.17, 15) is 20.0 Å². The lowest BCUT2D eigenvalue weighted by Gasteiger charge is -2.30. The first-order valence-electron chi connectivity index (χ1n) is 8.31. The summed E-state index contributed by atoms with van der Waals surface area (Å²) in [5.41, 5.74) is 1.32. The molecule has 0 aliphatic carbocycles. The molecule has 0 amide bonds. The lowest BCUT2D eigenvalue weighted by molar-refractivity contribution is -0.398. The van der Waals surface area contributed by atoms with Gasteiger partial charge in [-0.3, -0.25) is 10.1 Å². The van der Waals surface area contributed by atoms with Gasteiger partial charge in [-0.2, -0.15) is 0 Å². The molecule has 8 nitrogen and oxygen atoms in total. The fourth-order valence-corrected chi connectivity index (χ4v) is 3.14. The monoisotopic (exact) mass is 398 g/mol. The first-order chi connectivity index (χ1) is 13.4. The molecule has 0 unspecified atom stereocenters. The molecule has 0 bridgehead atoms. The van der Waals surface area contributed by atoms with Crippen LogP contribution in [-0.4, -0.2) is 16.0 Å².